The molecular formula is C13H26N2O2. The highest BCUT2D eigenvalue weighted by Gasteiger charge is 2.30. The standard InChI is InChI=1S/C13H26N2O2/c1-4-15(3)12(16)11(2)14-10-13(17)8-6-5-7-9-13/h11,14,17H,4-10H2,1-3H3. The summed E-state index contributed by atoms with van der Waals surface area (Å²) in [5.74, 6) is 0.0897. The van der Waals surface area contributed by atoms with E-state index in [2.05, 4.69) is 5.32 Å². The summed E-state index contributed by atoms with van der Waals surface area (Å²) in [6, 6.07) is -0.217. The van der Waals surface area contributed by atoms with E-state index in [1.165, 1.54) is 6.42 Å². The Labute approximate surface area is 104 Å². The Hall–Kier alpha value is -0.610. The van der Waals surface area contributed by atoms with Gasteiger partial charge in [0.05, 0.1) is 11.6 Å². The maximum atomic E-state index is 11.8. The SMILES string of the molecule is CCN(C)C(=O)C(C)NCC1(O)CCCCC1. The third kappa shape index (κ3) is 4.28. The Kier molecular flexibility index (Phi) is 5.40. The summed E-state index contributed by atoms with van der Waals surface area (Å²) in [6.45, 7) is 5.06. The summed E-state index contributed by atoms with van der Waals surface area (Å²) in [7, 11) is 1.80. The van der Waals surface area contributed by atoms with Crippen molar-refractivity contribution in [1.29, 1.82) is 0 Å². The van der Waals surface area contributed by atoms with Crippen LogP contribution in [0, 0.1) is 0 Å². The summed E-state index contributed by atoms with van der Waals surface area (Å²) in [5, 5.41) is 13.5. The molecule has 4 heteroatoms. The number of nitrogens with zero attached hydrogens (tertiary/aromatic N) is 1. The minimum Gasteiger partial charge on any atom is -0.389 e. The van der Waals surface area contributed by atoms with Crippen molar-refractivity contribution in [2.75, 3.05) is 20.1 Å². The molecule has 1 aliphatic carbocycles. The van der Waals surface area contributed by atoms with Crippen molar-refractivity contribution in [3.63, 3.8) is 0 Å². The lowest BCUT2D eigenvalue weighted by Gasteiger charge is -2.33. The van der Waals surface area contributed by atoms with Crippen molar-refractivity contribution in [3.8, 4) is 0 Å². The molecule has 1 aliphatic rings. The summed E-state index contributed by atoms with van der Waals surface area (Å²) < 4.78 is 0. The Balaban J connectivity index is 2.36. The van der Waals surface area contributed by atoms with Crippen molar-refractivity contribution in [3.05, 3.63) is 0 Å². The van der Waals surface area contributed by atoms with Crippen molar-refractivity contribution in [2.45, 2.75) is 57.6 Å². The van der Waals surface area contributed by atoms with Gasteiger partial charge in [0, 0.05) is 20.1 Å². The molecule has 2 N–H and O–H groups in total. The number of rotatable bonds is 5. The number of aliphatic hydroxyl groups is 1. The average Bonchev–Trinajstić information content (AvgIpc) is 2.35. The van der Waals surface area contributed by atoms with Crippen LogP contribution in [0.3, 0.4) is 0 Å². The fraction of sp³-hybridized carbons (Fsp3) is 0.923. The Morgan fingerprint density at radius 1 is 1.41 bits per heavy atom. The van der Waals surface area contributed by atoms with E-state index in [0.717, 1.165) is 32.2 Å². The van der Waals surface area contributed by atoms with Crippen LogP contribution in [0.2, 0.25) is 0 Å². The van der Waals surface area contributed by atoms with Crippen LogP contribution in [-0.4, -0.2) is 47.7 Å². The van der Waals surface area contributed by atoms with Gasteiger partial charge in [-0.2, -0.15) is 0 Å². The van der Waals surface area contributed by atoms with Crippen LogP contribution < -0.4 is 5.32 Å². The molecule has 1 amide bonds. The van der Waals surface area contributed by atoms with Gasteiger partial charge in [0.2, 0.25) is 5.91 Å². The lowest BCUT2D eigenvalue weighted by Crippen LogP contribution is -2.50. The van der Waals surface area contributed by atoms with E-state index in [-0.39, 0.29) is 11.9 Å². The number of amides is 1. The molecule has 0 radical (unpaired) electrons. The maximum Gasteiger partial charge on any atom is 0.239 e. The number of hydrogen-bond acceptors (Lipinski definition) is 3. The van der Waals surface area contributed by atoms with Gasteiger partial charge in [-0.1, -0.05) is 19.3 Å². The van der Waals surface area contributed by atoms with Crippen LogP contribution in [-0.2, 0) is 4.79 Å². The van der Waals surface area contributed by atoms with Crippen LogP contribution in [0.25, 0.3) is 0 Å². The van der Waals surface area contributed by atoms with Gasteiger partial charge in [-0.25, -0.2) is 0 Å². The second kappa shape index (κ2) is 6.36. The molecule has 17 heavy (non-hydrogen) atoms. The molecule has 0 bridgehead atoms. The van der Waals surface area contributed by atoms with E-state index in [1.54, 1.807) is 11.9 Å². The lowest BCUT2D eigenvalue weighted by atomic mass is 9.85. The summed E-state index contributed by atoms with van der Waals surface area (Å²) >= 11 is 0. The first-order chi connectivity index (χ1) is 7.98. The van der Waals surface area contributed by atoms with Gasteiger partial charge < -0.3 is 15.3 Å². The minimum absolute atomic E-state index is 0.0897. The summed E-state index contributed by atoms with van der Waals surface area (Å²) in [4.78, 5) is 13.5. The fourth-order valence-corrected chi connectivity index (χ4v) is 2.30. The maximum absolute atomic E-state index is 11.8. The first-order valence-electron chi connectivity index (χ1n) is 6.69. The van der Waals surface area contributed by atoms with Gasteiger partial charge in [-0.15, -0.1) is 0 Å². The zero-order valence-electron chi connectivity index (χ0n) is 11.3. The number of nitrogens with one attached hydrogen (secondary N) is 1. The molecule has 1 unspecified atom stereocenters. The van der Waals surface area contributed by atoms with E-state index in [0.29, 0.717) is 6.54 Å². The highest BCUT2D eigenvalue weighted by Crippen LogP contribution is 2.27. The van der Waals surface area contributed by atoms with Gasteiger partial charge in [0.1, 0.15) is 0 Å². The van der Waals surface area contributed by atoms with E-state index in [4.69, 9.17) is 0 Å². The normalized spacial score (nSPS) is 20.9. The third-order valence-corrected chi connectivity index (χ3v) is 3.74. The van der Waals surface area contributed by atoms with Gasteiger partial charge in [-0.05, 0) is 26.7 Å². The average molecular weight is 242 g/mol. The lowest BCUT2D eigenvalue weighted by molar-refractivity contribution is -0.131. The van der Waals surface area contributed by atoms with Crippen LogP contribution >= 0.6 is 0 Å². The number of carbonyl (C=O) groups excluding carboxylic acids is 1. The third-order valence-electron chi connectivity index (χ3n) is 3.74. The quantitative estimate of drug-likeness (QED) is 0.760. The number of likely N-dealkylation sites (N-methyl/N-ethyl adjacent to an activating group) is 1. The predicted molar refractivity (Wildman–Crippen MR) is 68.8 cm³/mol. The molecular weight excluding hydrogens is 216 g/mol. The predicted octanol–water partition coefficient (Wildman–Crippen LogP) is 1.14. The minimum atomic E-state index is -0.600. The van der Waals surface area contributed by atoms with Crippen molar-refractivity contribution < 1.29 is 9.90 Å². The van der Waals surface area contributed by atoms with E-state index < -0.39 is 5.60 Å². The molecule has 1 rings (SSSR count). The molecule has 0 aromatic carbocycles. The Morgan fingerprint density at radius 3 is 2.53 bits per heavy atom. The number of hydrogen-bond donors (Lipinski definition) is 2. The Bertz CT molecular complexity index is 250. The zero-order valence-corrected chi connectivity index (χ0v) is 11.3. The van der Waals surface area contributed by atoms with E-state index >= 15 is 0 Å². The van der Waals surface area contributed by atoms with Crippen molar-refractivity contribution in [1.82, 2.24) is 10.2 Å². The van der Waals surface area contributed by atoms with Gasteiger partial charge in [0.15, 0.2) is 0 Å². The highest BCUT2D eigenvalue weighted by atomic mass is 16.3. The van der Waals surface area contributed by atoms with Crippen LogP contribution in [0.5, 0.6) is 0 Å². The molecule has 100 valence electrons. The molecule has 0 aromatic rings. The topological polar surface area (TPSA) is 52.6 Å². The van der Waals surface area contributed by atoms with Gasteiger partial charge in [0.25, 0.3) is 0 Å². The molecule has 0 aliphatic heterocycles. The fourth-order valence-electron chi connectivity index (χ4n) is 2.30. The van der Waals surface area contributed by atoms with Crippen LogP contribution in [0.15, 0.2) is 0 Å². The smallest absolute Gasteiger partial charge is 0.239 e. The molecule has 0 heterocycles. The first-order valence-corrected chi connectivity index (χ1v) is 6.69. The van der Waals surface area contributed by atoms with Crippen LogP contribution in [0.4, 0.5) is 0 Å². The molecule has 0 saturated heterocycles. The van der Waals surface area contributed by atoms with Gasteiger partial charge >= 0.3 is 0 Å². The Morgan fingerprint density at radius 2 is 2.00 bits per heavy atom. The molecule has 1 saturated carbocycles. The zero-order chi connectivity index (χ0) is 12.9. The second-order valence-electron chi connectivity index (χ2n) is 5.24. The second-order valence-corrected chi connectivity index (χ2v) is 5.24. The van der Waals surface area contributed by atoms with Gasteiger partial charge in [-0.3, -0.25) is 4.79 Å². The summed E-state index contributed by atoms with van der Waals surface area (Å²) in [6.07, 6.45) is 5.11. The molecule has 4 nitrogen and oxygen atoms in total. The molecule has 0 aromatic heterocycles. The van der Waals surface area contributed by atoms with E-state index in [9.17, 15) is 9.90 Å². The molecule has 0 spiro atoms. The number of carbonyl (C=O) groups is 1. The molecule has 1 atom stereocenters. The summed E-state index contributed by atoms with van der Waals surface area (Å²) in [5.41, 5.74) is -0.600. The van der Waals surface area contributed by atoms with Crippen molar-refractivity contribution in [2.24, 2.45) is 0 Å². The first kappa shape index (κ1) is 14.5. The van der Waals surface area contributed by atoms with E-state index in [1.807, 2.05) is 13.8 Å². The monoisotopic (exact) mass is 242 g/mol. The van der Waals surface area contributed by atoms with Crippen LogP contribution in [0.1, 0.15) is 46.0 Å². The largest absolute Gasteiger partial charge is 0.389 e. The van der Waals surface area contributed by atoms with Crippen molar-refractivity contribution >= 4 is 5.91 Å². The highest BCUT2D eigenvalue weighted by molar-refractivity contribution is 5.81. The molecule has 1 fully saturated rings.